The summed E-state index contributed by atoms with van der Waals surface area (Å²) in [5.41, 5.74) is 4.46. The lowest BCUT2D eigenvalue weighted by Crippen LogP contribution is -2.14. The van der Waals surface area contributed by atoms with E-state index < -0.39 is 6.10 Å². The van der Waals surface area contributed by atoms with Crippen molar-refractivity contribution in [1.82, 2.24) is 9.55 Å². The monoisotopic (exact) mass is 432 g/mol. The summed E-state index contributed by atoms with van der Waals surface area (Å²) in [5.74, 6) is 0.615. The average Bonchev–Trinajstić information content (AvgIpc) is 3.36. The van der Waals surface area contributed by atoms with Gasteiger partial charge in [-0.1, -0.05) is 60.7 Å². The van der Waals surface area contributed by atoms with Crippen LogP contribution in [0.1, 0.15) is 55.3 Å². The number of rotatable bonds is 8. The fraction of sp³-hybridized carbons (Fsp3) is 0.308. The number of ether oxygens (including phenoxy) is 1. The third kappa shape index (κ3) is 4.98. The Hall–Kier alpha value is -3.22. The molecule has 32 heavy (non-hydrogen) atoms. The number of esters is 1. The van der Waals surface area contributed by atoms with Crippen LogP contribution in [0, 0.1) is 0 Å². The maximum Gasteiger partial charge on any atom is 0.302 e. The van der Waals surface area contributed by atoms with Crippen molar-refractivity contribution in [2.24, 2.45) is 0 Å². The highest BCUT2D eigenvalue weighted by Gasteiger charge is 2.41. The van der Waals surface area contributed by atoms with Crippen molar-refractivity contribution in [2.75, 3.05) is 6.61 Å². The van der Waals surface area contributed by atoms with E-state index in [4.69, 9.17) is 4.74 Å². The molecule has 2 aromatic carbocycles. The number of imidazole rings is 1. The standard InChI is InChI=1S/C26H28N2O4/c1-17(30)26-27-13-14-28(26)23(16-29)12-5-19-3-6-20(7-4-19)21-8-10-22(11-9-21)24-15-25(24)32-18(2)31/h3-14,17,23-25,29-30H,15-16H2,1-2H3/b12-5+/t17?,23?,24-,25+/m0/s1. The van der Waals surface area contributed by atoms with Gasteiger partial charge in [-0.05, 0) is 35.6 Å². The molecule has 0 radical (unpaired) electrons. The van der Waals surface area contributed by atoms with E-state index in [0.717, 1.165) is 23.1 Å². The Kier molecular flexibility index (Phi) is 6.53. The van der Waals surface area contributed by atoms with Gasteiger partial charge in [-0.25, -0.2) is 4.98 Å². The number of carbonyl (C=O) groups is 1. The van der Waals surface area contributed by atoms with E-state index in [-0.39, 0.29) is 24.7 Å². The molecule has 1 aliphatic carbocycles. The summed E-state index contributed by atoms with van der Waals surface area (Å²) in [6.45, 7) is 3.02. The molecule has 4 rings (SSSR count). The average molecular weight is 433 g/mol. The highest BCUT2D eigenvalue weighted by molar-refractivity contribution is 5.67. The lowest BCUT2D eigenvalue weighted by Gasteiger charge is -2.16. The highest BCUT2D eigenvalue weighted by atomic mass is 16.5. The van der Waals surface area contributed by atoms with E-state index in [1.165, 1.54) is 12.5 Å². The maximum atomic E-state index is 11.1. The second-order valence-corrected chi connectivity index (χ2v) is 8.21. The molecule has 3 aromatic rings. The SMILES string of the molecule is CC(=O)O[C@@H]1C[C@H]1c1ccc(-c2ccc(/C=C/C(CO)n3ccnc3C(C)O)cc2)cc1. The summed E-state index contributed by atoms with van der Waals surface area (Å²) in [4.78, 5) is 15.3. The summed E-state index contributed by atoms with van der Waals surface area (Å²) in [6, 6.07) is 16.3. The molecule has 1 heterocycles. The van der Waals surface area contributed by atoms with Crippen molar-refractivity contribution in [1.29, 1.82) is 0 Å². The Morgan fingerprint density at radius 2 is 1.84 bits per heavy atom. The van der Waals surface area contributed by atoms with Gasteiger partial charge in [0.05, 0.1) is 12.6 Å². The van der Waals surface area contributed by atoms with Gasteiger partial charge in [0, 0.05) is 25.2 Å². The summed E-state index contributed by atoms with van der Waals surface area (Å²) >= 11 is 0. The largest absolute Gasteiger partial charge is 0.462 e. The predicted molar refractivity (Wildman–Crippen MR) is 123 cm³/mol. The minimum absolute atomic E-state index is 0.0196. The summed E-state index contributed by atoms with van der Waals surface area (Å²) in [7, 11) is 0. The maximum absolute atomic E-state index is 11.1. The second kappa shape index (κ2) is 9.51. The zero-order valence-electron chi connectivity index (χ0n) is 18.3. The zero-order chi connectivity index (χ0) is 22.7. The highest BCUT2D eigenvalue weighted by Crippen LogP contribution is 2.43. The Bertz CT molecular complexity index is 1080. The Balaban J connectivity index is 1.42. The molecular formula is C26H28N2O4. The van der Waals surface area contributed by atoms with Gasteiger partial charge >= 0.3 is 5.97 Å². The molecule has 1 saturated carbocycles. The first-order chi connectivity index (χ1) is 15.5. The number of hydrogen-bond acceptors (Lipinski definition) is 5. The quantitative estimate of drug-likeness (QED) is 0.520. The van der Waals surface area contributed by atoms with Crippen molar-refractivity contribution < 1.29 is 19.7 Å². The van der Waals surface area contributed by atoms with Crippen LogP contribution in [0.2, 0.25) is 0 Å². The number of aliphatic hydroxyl groups is 2. The number of aromatic nitrogens is 2. The molecule has 2 N–H and O–H groups in total. The van der Waals surface area contributed by atoms with Crippen molar-refractivity contribution in [2.45, 2.75) is 44.4 Å². The molecule has 1 aromatic heterocycles. The predicted octanol–water partition coefficient (Wildman–Crippen LogP) is 4.27. The van der Waals surface area contributed by atoms with Crippen LogP contribution >= 0.6 is 0 Å². The van der Waals surface area contributed by atoms with E-state index in [2.05, 4.69) is 41.4 Å². The Labute approximate surface area is 187 Å². The molecular weight excluding hydrogens is 404 g/mol. The van der Waals surface area contributed by atoms with Gasteiger partial charge in [-0.2, -0.15) is 0 Å². The third-order valence-corrected chi connectivity index (χ3v) is 5.76. The normalized spacial score (nSPS) is 19.6. The molecule has 0 aliphatic heterocycles. The minimum Gasteiger partial charge on any atom is -0.462 e. The van der Waals surface area contributed by atoms with Crippen LogP contribution in [-0.4, -0.2) is 38.4 Å². The molecule has 0 spiro atoms. The first-order valence-electron chi connectivity index (χ1n) is 10.8. The van der Waals surface area contributed by atoms with E-state index >= 15 is 0 Å². The summed E-state index contributed by atoms with van der Waals surface area (Å²) < 4.78 is 7.05. The van der Waals surface area contributed by atoms with E-state index in [9.17, 15) is 15.0 Å². The van der Waals surface area contributed by atoms with Gasteiger partial charge in [-0.3, -0.25) is 4.79 Å². The van der Waals surface area contributed by atoms with Crippen LogP contribution in [0.4, 0.5) is 0 Å². The fourth-order valence-electron chi connectivity index (χ4n) is 3.97. The fourth-order valence-corrected chi connectivity index (χ4v) is 3.97. The van der Waals surface area contributed by atoms with Crippen molar-refractivity contribution >= 4 is 12.0 Å². The van der Waals surface area contributed by atoms with Gasteiger partial charge in [-0.15, -0.1) is 0 Å². The first kappa shape index (κ1) is 22.0. The lowest BCUT2D eigenvalue weighted by molar-refractivity contribution is -0.142. The van der Waals surface area contributed by atoms with Crippen LogP contribution in [0.15, 0.2) is 67.0 Å². The summed E-state index contributed by atoms with van der Waals surface area (Å²) in [5, 5.41) is 19.6. The molecule has 1 aliphatic rings. The van der Waals surface area contributed by atoms with Crippen LogP contribution in [-0.2, 0) is 9.53 Å². The molecule has 0 bridgehead atoms. The minimum atomic E-state index is -0.703. The molecule has 1 fully saturated rings. The van der Waals surface area contributed by atoms with Crippen LogP contribution in [0.25, 0.3) is 17.2 Å². The van der Waals surface area contributed by atoms with E-state index in [1.54, 1.807) is 23.9 Å². The molecule has 166 valence electrons. The van der Waals surface area contributed by atoms with Crippen LogP contribution in [0.5, 0.6) is 0 Å². The molecule has 0 saturated heterocycles. The summed E-state index contributed by atoms with van der Waals surface area (Å²) in [6.07, 6.45) is 7.46. The van der Waals surface area contributed by atoms with Gasteiger partial charge < -0.3 is 19.5 Å². The topological polar surface area (TPSA) is 84.6 Å². The molecule has 6 nitrogen and oxygen atoms in total. The van der Waals surface area contributed by atoms with Crippen molar-refractivity contribution in [3.05, 3.63) is 84.0 Å². The number of carbonyl (C=O) groups excluding carboxylic acids is 1. The number of benzene rings is 2. The molecule has 0 amide bonds. The van der Waals surface area contributed by atoms with Gasteiger partial charge in [0.1, 0.15) is 18.0 Å². The van der Waals surface area contributed by atoms with E-state index in [0.29, 0.717) is 11.7 Å². The third-order valence-electron chi connectivity index (χ3n) is 5.76. The van der Waals surface area contributed by atoms with Crippen LogP contribution < -0.4 is 0 Å². The number of aliphatic hydroxyl groups excluding tert-OH is 2. The smallest absolute Gasteiger partial charge is 0.302 e. The first-order valence-corrected chi connectivity index (χ1v) is 10.8. The van der Waals surface area contributed by atoms with Gasteiger partial charge in [0.2, 0.25) is 0 Å². The number of hydrogen-bond donors (Lipinski definition) is 2. The van der Waals surface area contributed by atoms with Gasteiger partial charge in [0.25, 0.3) is 0 Å². The van der Waals surface area contributed by atoms with Crippen molar-refractivity contribution in [3.8, 4) is 11.1 Å². The Morgan fingerprint density at radius 3 is 2.44 bits per heavy atom. The molecule has 4 atom stereocenters. The second-order valence-electron chi connectivity index (χ2n) is 8.21. The Morgan fingerprint density at radius 1 is 1.19 bits per heavy atom. The molecule has 6 heteroatoms. The molecule has 2 unspecified atom stereocenters. The van der Waals surface area contributed by atoms with Gasteiger partial charge in [0.15, 0.2) is 0 Å². The van der Waals surface area contributed by atoms with Crippen LogP contribution in [0.3, 0.4) is 0 Å². The zero-order valence-corrected chi connectivity index (χ0v) is 18.3. The van der Waals surface area contributed by atoms with E-state index in [1.807, 2.05) is 24.3 Å². The number of nitrogens with zero attached hydrogens (tertiary/aromatic N) is 2. The van der Waals surface area contributed by atoms with Crippen molar-refractivity contribution in [3.63, 3.8) is 0 Å². The lowest BCUT2D eigenvalue weighted by atomic mass is 10.0.